The van der Waals surface area contributed by atoms with Crippen LogP contribution in [-0.2, 0) is 9.84 Å². The zero-order chi connectivity index (χ0) is 5.28. The van der Waals surface area contributed by atoms with Crippen molar-refractivity contribution in [2.45, 2.75) is 18.9 Å². The van der Waals surface area contributed by atoms with Crippen LogP contribution in [0.4, 0.5) is 4.79 Å². The fourth-order valence-electron chi connectivity index (χ4n) is 0.322. The predicted molar refractivity (Wildman–Crippen MR) is 20.2 cm³/mol. The Morgan fingerprint density at radius 3 is 2.29 bits per heavy atom. The van der Waals surface area contributed by atoms with Crippen molar-refractivity contribution in [2.75, 3.05) is 0 Å². The van der Waals surface area contributed by atoms with Gasteiger partial charge in [0.05, 0.1) is 0 Å². The third-order valence-electron chi connectivity index (χ3n) is 0.787. The minimum atomic E-state index is -1.40. The number of carbonyl (C=O) groups is 1. The summed E-state index contributed by atoms with van der Waals surface area (Å²) in [6.07, 6.45) is 0.301. The molecule has 7 heavy (non-hydrogen) atoms. The van der Waals surface area contributed by atoms with Crippen LogP contribution in [0.2, 0.25) is 0 Å². The Balaban J connectivity index is 2.08. The third kappa shape index (κ3) is 1.43. The van der Waals surface area contributed by atoms with Gasteiger partial charge in [0.25, 0.3) is 0 Å². The Kier molecular flexibility index (Phi) is 0.889. The monoisotopic (exact) mass is 101 g/mol. The molecular formula is C4H5O3. The second kappa shape index (κ2) is 1.40. The molecule has 0 spiro atoms. The number of hydrogen-bond donors (Lipinski definition) is 0. The van der Waals surface area contributed by atoms with Gasteiger partial charge in [-0.15, -0.1) is 0 Å². The Bertz CT molecular complexity index is 84.9. The van der Waals surface area contributed by atoms with Crippen LogP contribution in [0.15, 0.2) is 0 Å². The summed E-state index contributed by atoms with van der Waals surface area (Å²) >= 11 is 0. The fourth-order valence-corrected chi connectivity index (χ4v) is 0.322. The molecule has 3 heteroatoms. The highest BCUT2D eigenvalue weighted by molar-refractivity contribution is 5.56. The van der Waals surface area contributed by atoms with Gasteiger partial charge >= 0.3 is 6.16 Å². The van der Waals surface area contributed by atoms with E-state index in [4.69, 9.17) is 0 Å². The van der Waals surface area contributed by atoms with E-state index in [1.54, 1.807) is 0 Å². The average molecular weight is 101 g/mol. The number of rotatable bonds is 1. The second-order valence-corrected chi connectivity index (χ2v) is 1.57. The molecule has 1 saturated carbocycles. The standard InChI is InChI=1S/C4H5O3/c5-4(6)7-3-1-2-3/h3H,1-2H2. The van der Waals surface area contributed by atoms with Crippen LogP contribution >= 0.6 is 0 Å². The first-order valence-corrected chi connectivity index (χ1v) is 2.16. The fraction of sp³-hybridized carbons (Fsp3) is 0.750. The van der Waals surface area contributed by atoms with E-state index < -0.39 is 6.16 Å². The molecule has 1 aliphatic rings. The molecule has 0 N–H and O–H groups in total. The minimum Gasteiger partial charge on any atom is -0.428 e. The van der Waals surface area contributed by atoms with Crippen LogP contribution in [0.1, 0.15) is 12.8 Å². The largest absolute Gasteiger partial charge is 0.550 e. The topological polar surface area (TPSA) is 46.2 Å². The van der Waals surface area contributed by atoms with Gasteiger partial charge in [-0.05, 0) is 12.8 Å². The quantitative estimate of drug-likeness (QED) is 0.457. The van der Waals surface area contributed by atoms with Crippen molar-refractivity contribution in [3.8, 4) is 0 Å². The lowest BCUT2D eigenvalue weighted by Gasteiger charge is -1.87. The van der Waals surface area contributed by atoms with Gasteiger partial charge in [0.15, 0.2) is 0 Å². The Morgan fingerprint density at radius 1 is 1.57 bits per heavy atom. The molecule has 0 aromatic carbocycles. The van der Waals surface area contributed by atoms with E-state index in [9.17, 15) is 9.90 Å². The van der Waals surface area contributed by atoms with Crippen molar-refractivity contribution in [1.82, 2.24) is 0 Å². The second-order valence-electron chi connectivity index (χ2n) is 1.57. The van der Waals surface area contributed by atoms with Gasteiger partial charge in [0.1, 0.15) is 6.10 Å². The van der Waals surface area contributed by atoms with Gasteiger partial charge in [0.2, 0.25) is 0 Å². The molecule has 0 aromatic heterocycles. The highest BCUT2D eigenvalue weighted by atomic mass is 16.7. The lowest BCUT2D eigenvalue weighted by Crippen LogP contribution is -1.98. The summed E-state index contributed by atoms with van der Waals surface area (Å²) < 4.78 is 4.17. The predicted octanol–water partition coefficient (Wildman–Crippen LogP) is 0.716. The molecule has 0 amide bonds. The highest BCUT2D eigenvalue weighted by Gasteiger charge is 2.26. The molecule has 0 unspecified atom stereocenters. The first kappa shape index (κ1) is 4.43. The maximum Gasteiger partial charge on any atom is 0.550 e. The third-order valence-corrected chi connectivity index (χ3v) is 0.787. The summed E-state index contributed by atoms with van der Waals surface area (Å²) in [4.78, 5) is 9.52. The van der Waals surface area contributed by atoms with Crippen molar-refractivity contribution in [2.24, 2.45) is 0 Å². The van der Waals surface area contributed by atoms with E-state index in [1.165, 1.54) is 0 Å². The van der Waals surface area contributed by atoms with Crippen molar-refractivity contribution in [1.29, 1.82) is 0 Å². The lowest BCUT2D eigenvalue weighted by atomic mass is 10.8. The van der Waals surface area contributed by atoms with Crippen LogP contribution in [0.25, 0.3) is 0 Å². The molecule has 0 bridgehead atoms. The molecule has 1 rings (SSSR count). The molecule has 0 atom stereocenters. The van der Waals surface area contributed by atoms with Crippen LogP contribution in [0.5, 0.6) is 0 Å². The molecule has 39 valence electrons. The van der Waals surface area contributed by atoms with E-state index >= 15 is 0 Å². The van der Waals surface area contributed by atoms with E-state index in [0.717, 1.165) is 12.8 Å². The first-order chi connectivity index (χ1) is 3.29. The van der Waals surface area contributed by atoms with Gasteiger partial charge in [-0.3, -0.25) is 0 Å². The van der Waals surface area contributed by atoms with Crippen molar-refractivity contribution < 1.29 is 14.6 Å². The van der Waals surface area contributed by atoms with Crippen LogP contribution in [0, 0.1) is 0 Å². The Morgan fingerprint density at radius 2 is 2.14 bits per heavy atom. The zero-order valence-electron chi connectivity index (χ0n) is 3.72. The normalized spacial score (nSPS) is 18.9. The zero-order valence-corrected chi connectivity index (χ0v) is 3.72. The van der Waals surface area contributed by atoms with E-state index in [-0.39, 0.29) is 6.10 Å². The van der Waals surface area contributed by atoms with Gasteiger partial charge in [-0.1, -0.05) is 0 Å². The van der Waals surface area contributed by atoms with E-state index in [0.29, 0.717) is 0 Å². The molecule has 1 fully saturated rings. The summed E-state index contributed by atoms with van der Waals surface area (Å²) in [5.74, 6) is 0. The molecule has 0 heterocycles. The molecular weight excluding hydrogens is 96.0 g/mol. The number of carbonyl (C=O) groups excluding carboxylic acids is 1. The molecule has 3 nitrogen and oxygen atoms in total. The smallest absolute Gasteiger partial charge is 0.428 e. The van der Waals surface area contributed by atoms with Gasteiger partial charge in [-0.2, -0.15) is 9.90 Å². The average Bonchev–Trinajstić information content (AvgIpc) is 2.17. The summed E-state index contributed by atoms with van der Waals surface area (Å²) in [5.41, 5.74) is 0. The van der Waals surface area contributed by atoms with Gasteiger partial charge < -0.3 is 4.74 Å². The van der Waals surface area contributed by atoms with Crippen LogP contribution < -0.4 is 0 Å². The molecule has 0 aliphatic heterocycles. The van der Waals surface area contributed by atoms with E-state index in [1.807, 2.05) is 0 Å². The van der Waals surface area contributed by atoms with Gasteiger partial charge in [-0.25, -0.2) is 0 Å². The van der Waals surface area contributed by atoms with Crippen molar-refractivity contribution in [3.63, 3.8) is 0 Å². The summed E-state index contributed by atoms with van der Waals surface area (Å²) in [6.45, 7) is 0. The summed E-state index contributed by atoms with van der Waals surface area (Å²) in [6, 6.07) is 0. The molecule has 0 saturated heterocycles. The Hall–Kier alpha value is -0.730. The molecule has 1 radical (unpaired) electrons. The van der Waals surface area contributed by atoms with Gasteiger partial charge in [0, 0.05) is 0 Å². The summed E-state index contributed by atoms with van der Waals surface area (Å²) in [7, 11) is 0. The SMILES string of the molecule is [O]C(=O)OC1CC1. The maximum absolute atomic E-state index is 9.52. The van der Waals surface area contributed by atoms with Crippen LogP contribution in [-0.4, -0.2) is 12.3 Å². The van der Waals surface area contributed by atoms with E-state index in [2.05, 4.69) is 4.74 Å². The maximum atomic E-state index is 9.52. The molecule has 0 aromatic rings. The first-order valence-electron chi connectivity index (χ1n) is 2.16. The minimum absolute atomic E-state index is 0.0370. The lowest BCUT2D eigenvalue weighted by molar-refractivity contribution is 0.0618. The molecule has 1 aliphatic carbocycles. The number of hydrogen-bond acceptors (Lipinski definition) is 2. The van der Waals surface area contributed by atoms with Crippen molar-refractivity contribution >= 4 is 6.16 Å². The van der Waals surface area contributed by atoms with Crippen molar-refractivity contribution in [3.05, 3.63) is 0 Å². The highest BCUT2D eigenvalue weighted by Crippen LogP contribution is 2.23. The number of ether oxygens (including phenoxy) is 1. The summed E-state index contributed by atoms with van der Waals surface area (Å²) in [5, 5.41) is 9.52. The van der Waals surface area contributed by atoms with Crippen LogP contribution in [0.3, 0.4) is 0 Å². The Labute approximate surface area is 40.9 Å².